The molecule has 0 aliphatic heterocycles. The maximum Gasteiger partial charge on any atom is 0.150 e. The molecule has 0 radical (unpaired) electrons. The lowest BCUT2D eigenvalue weighted by Gasteiger charge is -2.24. The SMILES string of the molecule is CCC(C)(C)c1cccc(OC2c3ccccc3-c3ccccc32)c1. The zero-order chi connectivity index (χ0) is 17.4. The highest BCUT2D eigenvalue weighted by molar-refractivity contribution is 5.78. The lowest BCUT2D eigenvalue weighted by molar-refractivity contribution is 0.251. The summed E-state index contributed by atoms with van der Waals surface area (Å²) in [5, 5.41) is 0. The number of ether oxygens (including phenoxy) is 1. The van der Waals surface area contributed by atoms with Gasteiger partial charge in [-0.25, -0.2) is 0 Å². The van der Waals surface area contributed by atoms with E-state index in [2.05, 4.69) is 93.6 Å². The Bertz CT molecular complexity index is 862. The van der Waals surface area contributed by atoms with E-state index in [1.807, 2.05) is 0 Å². The number of rotatable bonds is 4. The molecule has 126 valence electrons. The first-order chi connectivity index (χ1) is 12.1. The fourth-order valence-corrected chi connectivity index (χ4v) is 3.57. The molecule has 4 rings (SSSR count). The van der Waals surface area contributed by atoms with Crippen molar-refractivity contribution in [2.75, 3.05) is 0 Å². The molecular formula is C24H24O. The van der Waals surface area contributed by atoms with Crippen LogP contribution in [0.5, 0.6) is 5.75 Å². The normalized spacial score (nSPS) is 13.4. The Kier molecular flexibility index (Phi) is 3.88. The highest BCUT2D eigenvalue weighted by Crippen LogP contribution is 2.45. The molecule has 0 atom stereocenters. The maximum atomic E-state index is 6.51. The van der Waals surface area contributed by atoms with Crippen LogP contribution in [0, 0.1) is 0 Å². The van der Waals surface area contributed by atoms with Gasteiger partial charge >= 0.3 is 0 Å². The molecule has 0 heterocycles. The Labute approximate surface area is 150 Å². The van der Waals surface area contributed by atoms with Crippen LogP contribution >= 0.6 is 0 Å². The van der Waals surface area contributed by atoms with Gasteiger partial charge in [-0.1, -0.05) is 81.4 Å². The lowest BCUT2D eigenvalue weighted by Crippen LogP contribution is -2.15. The van der Waals surface area contributed by atoms with E-state index in [0.29, 0.717) is 0 Å². The van der Waals surface area contributed by atoms with Gasteiger partial charge in [0.2, 0.25) is 0 Å². The van der Waals surface area contributed by atoms with Crippen molar-refractivity contribution in [1.82, 2.24) is 0 Å². The molecule has 0 spiro atoms. The molecule has 1 heteroatoms. The van der Waals surface area contributed by atoms with Gasteiger partial charge in [0.15, 0.2) is 6.10 Å². The van der Waals surface area contributed by atoms with Gasteiger partial charge in [-0.2, -0.15) is 0 Å². The van der Waals surface area contributed by atoms with Crippen LogP contribution < -0.4 is 4.74 Å². The maximum absolute atomic E-state index is 6.51. The molecule has 0 saturated carbocycles. The molecule has 0 saturated heterocycles. The van der Waals surface area contributed by atoms with Crippen molar-refractivity contribution in [2.24, 2.45) is 0 Å². The summed E-state index contributed by atoms with van der Waals surface area (Å²) in [5.74, 6) is 0.940. The minimum atomic E-state index is -0.0348. The third kappa shape index (κ3) is 2.74. The largest absolute Gasteiger partial charge is 0.481 e. The van der Waals surface area contributed by atoms with E-state index in [1.165, 1.54) is 27.8 Å². The second-order valence-electron chi connectivity index (χ2n) is 7.44. The predicted octanol–water partition coefficient (Wildman–Crippen LogP) is 6.52. The van der Waals surface area contributed by atoms with Gasteiger partial charge in [0.25, 0.3) is 0 Å². The average Bonchev–Trinajstić information content (AvgIpc) is 2.96. The summed E-state index contributed by atoms with van der Waals surface area (Å²) in [5.41, 5.74) is 6.56. The summed E-state index contributed by atoms with van der Waals surface area (Å²) in [6.07, 6.45) is 1.07. The number of hydrogen-bond acceptors (Lipinski definition) is 1. The smallest absolute Gasteiger partial charge is 0.150 e. The van der Waals surface area contributed by atoms with E-state index in [4.69, 9.17) is 4.74 Å². The van der Waals surface area contributed by atoms with Gasteiger partial charge in [0, 0.05) is 11.1 Å². The van der Waals surface area contributed by atoms with Crippen LogP contribution in [0.3, 0.4) is 0 Å². The minimum absolute atomic E-state index is 0.0348. The summed E-state index contributed by atoms with van der Waals surface area (Å²) < 4.78 is 6.51. The van der Waals surface area contributed by atoms with Gasteiger partial charge in [0.05, 0.1) is 0 Å². The fraction of sp³-hybridized carbons (Fsp3) is 0.250. The minimum Gasteiger partial charge on any atom is -0.481 e. The first-order valence-electron chi connectivity index (χ1n) is 9.05. The van der Waals surface area contributed by atoms with Crippen molar-refractivity contribution in [3.05, 3.63) is 89.5 Å². The van der Waals surface area contributed by atoms with Gasteiger partial charge in [0.1, 0.15) is 5.75 Å². The Morgan fingerprint density at radius 2 is 1.40 bits per heavy atom. The second kappa shape index (κ2) is 6.07. The zero-order valence-electron chi connectivity index (χ0n) is 15.1. The van der Waals surface area contributed by atoms with Crippen molar-refractivity contribution in [3.8, 4) is 16.9 Å². The van der Waals surface area contributed by atoms with Crippen LogP contribution in [0.4, 0.5) is 0 Å². The van der Waals surface area contributed by atoms with Crippen LogP contribution in [0.15, 0.2) is 72.8 Å². The van der Waals surface area contributed by atoms with Crippen LogP contribution in [-0.2, 0) is 5.41 Å². The topological polar surface area (TPSA) is 9.23 Å². The summed E-state index contributed by atoms with van der Waals surface area (Å²) in [7, 11) is 0. The molecule has 1 nitrogen and oxygen atoms in total. The van der Waals surface area contributed by atoms with E-state index in [1.54, 1.807) is 0 Å². The van der Waals surface area contributed by atoms with Crippen molar-refractivity contribution in [3.63, 3.8) is 0 Å². The quantitative estimate of drug-likeness (QED) is 0.529. The van der Waals surface area contributed by atoms with E-state index >= 15 is 0 Å². The molecule has 0 amide bonds. The second-order valence-corrected chi connectivity index (χ2v) is 7.44. The molecule has 25 heavy (non-hydrogen) atoms. The molecule has 1 aliphatic rings. The summed E-state index contributed by atoms with van der Waals surface area (Å²) in [6, 6.07) is 25.7. The predicted molar refractivity (Wildman–Crippen MR) is 104 cm³/mol. The van der Waals surface area contributed by atoms with E-state index in [-0.39, 0.29) is 11.5 Å². The zero-order valence-corrected chi connectivity index (χ0v) is 15.1. The average molecular weight is 328 g/mol. The van der Waals surface area contributed by atoms with Crippen molar-refractivity contribution in [2.45, 2.75) is 38.7 Å². The van der Waals surface area contributed by atoms with Gasteiger partial charge < -0.3 is 4.74 Å². The van der Waals surface area contributed by atoms with Gasteiger partial charge in [-0.15, -0.1) is 0 Å². The monoisotopic (exact) mass is 328 g/mol. The fourth-order valence-electron chi connectivity index (χ4n) is 3.57. The third-order valence-electron chi connectivity index (χ3n) is 5.53. The summed E-state index contributed by atoms with van der Waals surface area (Å²) >= 11 is 0. The molecule has 1 aliphatic carbocycles. The van der Waals surface area contributed by atoms with Crippen molar-refractivity contribution < 1.29 is 4.74 Å². The van der Waals surface area contributed by atoms with E-state index < -0.39 is 0 Å². The van der Waals surface area contributed by atoms with Crippen LogP contribution in [-0.4, -0.2) is 0 Å². The Morgan fingerprint density at radius 3 is 2.00 bits per heavy atom. The highest BCUT2D eigenvalue weighted by Gasteiger charge is 2.30. The summed E-state index contributed by atoms with van der Waals surface area (Å²) in [4.78, 5) is 0. The van der Waals surface area contributed by atoms with Crippen molar-refractivity contribution >= 4 is 0 Å². The Morgan fingerprint density at radius 1 is 0.800 bits per heavy atom. The molecule has 3 aromatic rings. The first-order valence-corrected chi connectivity index (χ1v) is 9.05. The van der Waals surface area contributed by atoms with E-state index in [9.17, 15) is 0 Å². The summed E-state index contributed by atoms with van der Waals surface area (Å²) in [6.45, 7) is 6.80. The number of hydrogen-bond donors (Lipinski definition) is 0. The highest BCUT2D eigenvalue weighted by atomic mass is 16.5. The van der Waals surface area contributed by atoms with Gasteiger partial charge in [-0.3, -0.25) is 0 Å². The lowest BCUT2D eigenvalue weighted by atomic mass is 9.82. The third-order valence-corrected chi connectivity index (χ3v) is 5.53. The van der Waals surface area contributed by atoms with Crippen LogP contribution in [0.25, 0.3) is 11.1 Å². The van der Waals surface area contributed by atoms with Crippen LogP contribution in [0.2, 0.25) is 0 Å². The molecule has 0 N–H and O–H groups in total. The van der Waals surface area contributed by atoms with E-state index in [0.717, 1.165) is 12.2 Å². The number of benzene rings is 3. The molecule has 0 aromatic heterocycles. The Hall–Kier alpha value is -2.54. The standard InChI is InChI=1S/C24H24O/c1-4-24(2,3)17-10-9-11-18(16-17)25-23-21-14-7-5-12-19(21)20-13-6-8-15-22(20)23/h5-16,23H,4H2,1-3H3. The Balaban J connectivity index is 1.73. The molecule has 0 bridgehead atoms. The molecule has 0 fully saturated rings. The van der Waals surface area contributed by atoms with Gasteiger partial charge in [-0.05, 0) is 40.7 Å². The molecule has 3 aromatic carbocycles. The van der Waals surface area contributed by atoms with Crippen LogP contribution in [0.1, 0.15) is 50.0 Å². The molecule has 0 unspecified atom stereocenters. The number of fused-ring (bicyclic) bond motifs is 3. The van der Waals surface area contributed by atoms with Crippen molar-refractivity contribution in [1.29, 1.82) is 0 Å². The molecular weight excluding hydrogens is 304 g/mol. The first kappa shape index (κ1) is 16.0.